The van der Waals surface area contributed by atoms with Gasteiger partial charge in [0.05, 0.1) is 23.0 Å². The Morgan fingerprint density at radius 2 is 2.00 bits per heavy atom. The van der Waals surface area contributed by atoms with Gasteiger partial charge in [0, 0.05) is 5.56 Å². The lowest BCUT2D eigenvalue weighted by Crippen LogP contribution is -2.10. The number of benzene rings is 1. The van der Waals surface area contributed by atoms with Gasteiger partial charge in [-0.15, -0.1) is 0 Å². The molecule has 0 unspecified atom stereocenters. The maximum absolute atomic E-state index is 8.63. The summed E-state index contributed by atoms with van der Waals surface area (Å²) in [7, 11) is 0. The van der Waals surface area contributed by atoms with Gasteiger partial charge in [0.25, 0.3) is 0 Å². The van der Waals surface area contributed by atoms with Crippen LogP contribution in [0.15, 0.2) is 24.3 Å². The molecule has 2 rings (SSSR count). The molecular weight excluding hydrogens is 288 g/mol. The lowest BCUT2D eigenvalue weighted by molar-refractivity contribution is 0.289. The van der Waals surface area contributed by atoms with Crippen molar-refractivity contribution in [1.29, 1.82) is 0 Å². The van der Waals surface area contributed by atoms with Crippen molar-refractivity contribution in [3.05, 3.63) is 46.2 Å². The topological polar surface area (TPSA) is 47.3 Å². The number of ether oxygens (including phenoxy) is 1. The van der Waals surface area contributed by atoms with Crippen molar-refractivity contribution >= 4 is 11.6 Å². The molecule has 0 aliphatic rings. The maximum Gasteiger partial charge on any atom is 0.119 e. The number of hydrogen-bond donors (Lipinski definition) is 1. The Morgan fingerprint density at radius 1 is 1.29 bits per heavy atom. The second-order valence-electron chi connectivity index (χ2n) is 4.54. The summed E-state index contributed by atoms with van der Waals surface area (Å²) in [4.78, 5) is 0. The highest BCUT2D eigenvalue weighted by atomic mass is 35.5. The fourth-order valence-electron chi connectivity index (χ4n) is 1.92. The van der Waals surface area contributed by atoms with Gasteiger partial charge in [-0.1, -0.05) is 23.4 Å². The van der Waals surface area contributed by atoms with E-state index in [1.807, 2.05) is 42.8 Å². The van der Waals surface area contributed by atoms with Crippen LogP contribution in [-0.4, -0.2) is 28.1 Å². The standard InChI is InChI=1S/C16H17ClN2O2/c1-12-16(17)13(2)19(18-12)9-11-21-15-7-5-14(6-8-15)4-3-10-20/h5-8,20H,9-11H2,1-2H3. The molecule has 0 saturated carbocycles. The number of aromatic nitrogens is 2. The zero-order valence-corrected chi connectivity index (χ0v) is 12.8. The zero-order chi connectivity index (χ0) is 15.2. The fraction of sp³-hybridized carbons (Fsp3) is 0.312. The Labute approximate surface area is 129 Å². The van der Waals surface area contributed by atoms with E-state index in [2.05, 4.69) is 16.9 Å². The highest BCUT2D eigenvalue weighted by Crippen LogP contribution is 2.19. The minimum Gasteiger partial charge on any atom is -0.492 e. The minimum absolute atomic E-state index is 0.135. The first kappa shape index (κ1) is 15.4. The molecule has 0 radical (unpaired) electrons. The predicted molar refractivity (Wildman–Crippen MR) is 82.6 cm³/mol. The van der Waals surface area contributed by atoms with Crippen LogP contribution >= 0.6 is 11.6 Å². The predicted octanol–water partition coefficient (Wildman–Crippen LogP) is 2.58. The zero-order valence-electron chi connectivity index (χ0n) is 12.1. The van der Waals surface area contributed by atoms with E-state index in [4.69, 9.17) is 21.4 Å². The van der Waals surface area contributed by atoms with Crippen LogP contribution in [0.1, 0.15) is 17.0 Å². The molecule has 5 heteroatoms. The Kier molecular flexibility index (Phi) is 5.26. The van der Waals surface area contributed by atoms with E-state index in [9.17, 15) is 0 Å². The lowest BCUT2D eigenvalue weighted by atomic mass is 10.2. The molecule has 0 saturated heterocycles. The highest BCUT2D eigenvalue weighted by Gasteiger charge is 2.08. The molecule has 0 aliphatic heterocycles. The largest absolute Gasteiger partial charge is 0.492 e. The van der Waals surface area contributed by atoms with Crippen molar-refractivity contribution in [1.82, 2.24) is 9.78 Å². The molecule has 0 spiro atoms. The third kappa shape index (κ3) is 4.01. The summed E-state index contributed by atoms with van der Waals surface area (Å²) in [6, 6.07) is 7.43. The van der Waals surface area contributed by atoms with E-state index in [-0.39, 0.29) is 6.61 Å². The molecule has 0 amide bonds. The van der Waals surface area contributed by atoms with Gasteiger partial charge < -0.3 is 9.84 Å². The molecule has 1 aromatic heterocycles. The molecule has 0 aliphatic carbocycles. The van der Waals surface area contributed by atoms with E-state index in [0.29, 0.717) is 18.2 Å². The lowest BCUT2D eigenvalue weighted by Gasteiger charge is -2.07. The number of aliphatic hydroxyl groups is 1. The van der Waals surface area contributed by atoms with Gasteiger partial charge in [0.15, 0.2) is 0 Å². The van der Waals surface area contributed by atoms with Crippen LogP contribution in [0.2, 0.25) is 5.02 Å². The smallest absolute Gasteiger partial charge is 0.119 e. The van der Waals surface area contributed by atoms with Crippen LogP contribution in [0.3, 0.4) is 0 Å². The van der Waals surface area contributed by atoms with E-state index in [1.165, 1.54) is 0 Å². The van der Waals surface area contributed by atoms with E-state index in [1.54, 1.807) is 0 Å². The molecule has 21 heavy (non-hydrogen) atoms. The second-order valence-corrected chi connectivity index (χ2v) is 4.92. The van der Waals surface area contributed by atoms with Crippen LogP contribution in [0.4, 0.5) is 0 Å². The van der Waals surface area contributed by atoms with Crippen molar-refractivity contribution in [3.8, 4) is 17.6 Å². The van der Waals surface area contributed by atoms with Gasteiger partial charge in [0.1, 0.15) is 19.0 Å². The van der Waals surface area contributed by atoms with Crippen LogP contribution < -0.4 is 4.74 Å². The number of aliphatic hydroxyl groups excluding tert-OH is 1. The Balaban J connectivity index is 1.90. The molecular formula is C16H17ClN2O2. The quantitative estimate of drug-likeness (QED) is 0.883. The molecule has 4 nitrogen and oxygen atoms in total. The normalized spacial score (nSPS) is 10.1. The molecule has 1 aromatic carbocycles. The Hall–Kier alpha value is -1.96. The SMILES string of the molecule is Cc1nn(CCOc2ccc(C#CCO)cc2)c(C)c1Cl. The van der Waals surface area contributed by atoms with Crippen LogP contribution in [0, 0.1) is 25.7 Å². The fourth-order valence-corrected chi connectivity index (χ4v) is 2.05. The second kappa shape index (κ2) is 7.16. The average Bonchev–Trinajstić information content (AvgIpc) is 2.74. The first-order valence-electron chi connectivity index (χ1n) is 6.64. The summed E-state index contributed by atoms with van der Waals surface area (Å²) in [5, 5.41) is 13.7. The third-order valence-corrected chi connectivity index (χ3v) is 3.58. The van der Waals surface area contributed by atoms with Gasteiger partial charge >= 0.3 is 0 Å². The number of nitrogens with zero attached hydrogens (tertiary/aromatic N) is 2. The molecule has 2 aromatic rings. The molecule has 110 valence electrons. The first-order valence-corrected chi connectivity index (χ1v) is 7.01. The molecule has 0 bridgehead atoms. The maximum atomic E-state index is 8.63. The average molecular weight is 305 g/mol. The van der Waals surface area contributed by atoms with E-state index >= 15 is 0 Å². The number of hydrogen-bond acceptors (Lipinski definition) is 3. The number of halogens is 1. The summed E-state index contributed by atoms with van der Waals surface area (Å²) in [6.07, 6.45) is 0. The van der Waals surface area contributed by atoms with Gasteiger partial charge in [-0.05, 0) is 38.1 Å². The summed E-state index contributed by atoms with van der Waals surface area (Å²) < 4.78 is 7.52. The third-order valence-electron chi connectivity index (χ3n) is 3.03. The van der Waals surface area contributed by atoms with E-state index in [0.717, 1.165) is 22.7 Å². The van der Waals surface area contributed by atoms with Crippen LogP contribution in [-0.2, 0) is 6.54 Å². The monoisotopic (exact) mass is 304 g/mol. The van der Waals surface area contributed by atoms with Gasteiger partial charge in [-0.2, -0.15) is 5.10 Å². The van der Waals surface area contributed by atoms with Crippen molar-refractivity contribution < 1.29 is 9.84 Å². The highest BCUT2D eigenvalue weighted by molar-refractivity contribution is 6.31. The van der Waals surface area contributed by atoms with Crippen molar-refractivity contribution in [2.45, 2.75) is 20.4 Å². The van der Waals surface area contributed by atoms with Gasteiger partial charge in [-0.3, -0.25) is 4.68 Å². The Morgan fingerprint density at radius 3 is 2.57 bits per heavy atom. The molecule has 0 atom stereocenters. The van der Waals surface area contributed by atoms with Gasteiger partial charge in [0.2, 0.25) is 0 Å². The molecule has 0 fully saturated rings. The summed E-state index contributed by atoms with van der Waals surface area (Å²) in [5.41, 5.74) is 2.63. The van der Waals surface area contributed by atoms with Gasteiger partial charge in [-0.25, -0.2) is 0 Å². The minimum atomic E-state index is -0.135. The number of aryl methyl sites for hydroxylation is 1. The van der Waals surface area contributed by atoms with Crippen LogP contribution in [0.5, 0.6) is 5.75 Å². The van der Waals surface area contributed by atoms with Crippen LogP contribution in [0.25, 0.3) is 0 Å². The summed E-state index contributed by atoms with van der Waals surface area (Å²) in [5.74, 6) is 6.21. The first-order chi connectivity index (χ1) is 10.1. The Bertz CT molecular complexity index is 666. The molecule has 1 heterocycles. The molecule has 1 N–H and O–H groups in total. The summed E-state index contributed by atoms with van der Waals surface area (Å²) >= 11 is 6.10. The van der Waals surface area contributed by atoms with Crippen molar-refractivity contribution in [3.63, 3.8) is 0 Å². The van der Waals surface area contributed by atoms with E-state index < -0.39 is 0 Å². The summed E-state index contributed by atoms with van der Waals surface area (Å²) in [6.45, 7) is 4.85. The number of rotatable bonds is 4. The van der Waals surface area contributed by atoms with Crippen molar-refractivity contribution in [2.24, 2.45) is 0 Å². The van der Waals surface area contributed by atoms with Crippen molar-refractivity contribution in [2.75, 3.05) is 13.2 Å².